The SMILES string of the molecule is O=S(=O)(On1nnc2ccccc21)c1ccccn1. The van der Waals surface area contributed by atoms with E-state index in [1.165, 1.54) is 12.3 Å². The van der Waals surface area contributed by atoms with Crippen molar-refractivity contribution in [3.8, 4) is 0 Å². The van der Waals surface area contributed by atoms with Crippen molar-refractivity contribution in [2.75, 3.05) is 0 Å². The second kappa shape index (κ2) is 4.32. The summed E-state index contributed by atoms with van der Waals surface area (Å²) >= 11 is 0. The average molecular weight is 276 g/mol. The summed E-state index contributed by atoms with van der Waals surface area (Å²) in [7, 11) is -4.03. The molecule has 2 heterocycles. The lowest BCUT2D eigenvalue weighted by atomic mass is 10.3. The van der Waals surface area contributed by atoms with Crippen LogP contribution in [-0.4, -0.2) is 28.6 Å². The summed E-state index contributed by atoms with van der Waals surface area (Å²) in [5.74, 6) is 0. The van der Waals surface area contributed by atoms with Gasteiger partial charge in [-0.2, -0.15) is 8.42 Å². The summed E-state index contributed by atoms with van der Waals surface area (Å²) < 4.78 is 28.8. The quantitative estimate of drug-likeness (QED) is 0.697. The standard InChI is InChI=1S/C11H8N4O3S/c16-19(17,11-7-3-4-8-12-11)18-15-10-6-2-1-5-9(10)13-14-15/h1-8H. The fraction of sp³-hybridized carbons (Fsp3) is 0. The fourth-order valence-electron chi connectivity index (χ4n) is 1.53. The van der Waals surface area contributed by atoms with Gasteiger partial charge in [-0.05, 0) is 29.5 Å². The van der Waals surface area contributed by atoms with Crippen molar-refractivity contribution in [2.24, 2.45) is 0 Å². The van der Waals surface area contributed by atoms with Crippen LogP contribution in [0.4, 0.5) is 0 Å². The minimum Gasteiger partial charge on any atom is -0.263 e. The molecule has 0 saturated heterocycles. The molecule has 0 spiro atoms. The topological polar surface area (TPSA) is 87.0 Å². The summed E-state index contributed by atoms with van der Waals surface area (Å²) in [6.07, 6.45) is 1.37. The number of hydrogen-bond donors (Lipinski definition) is 0. The zero-order valence-electron chi connectivity index (χ0n) is 9.54. The molecule has 3 aromatic rings. The van der Waals surface area contributed by atoms with Crippen LogP contribution in [0, 0.1) is 0 Å². The first-order valence-electron chi connectivity index (χ1n) is 5.33. The summed E-state index contributed by atoms with van der Waals surface area (Å²) in [6, 6.07) is 11.4. The molecule has 0 radical (unpaired) electrons. The van der Waals surface area contributed by atoms with Crippen LogP contribution < -0.4 is 4.28 Å². The highest BCUT2D eigenvalue weighted by molar-refractivity contribution is 7.86. The lowest BCUT2D eigenvalue weighted by Crippen LogP contribution is -2.22. The van der Waals surface area contributed by atoms with E-state index in [1.807, 2.05) is 0 Å². The van der Waals surface area contributed by atoms with E-state index in [4.69, 9.17) is 4.28 Å². The highest BCUT2D eigenvalue weighted by atomic mass is 32.2. The van der Waals surface area contributed by atoms with Gasteiger partial charge in [-0.25, -0.2) is 4.98 Å². The van der Waals surface area contributed by atoms with Gasteiger partial charge in [0.15, 0.2) is 5.03 Å². The first kappa shape index (κ1) is 11.6. The van der Waals surface area contributed by atoms with Crippen LogP contribution in [0.25, 0.3) is 11.0 Å². The van der Waals surface area contributed by atoms with Gasteiger partial charge in [0.25, 0.3) is 0 Å². The fourth-order valence-corrected chi connectivity index (χ4v) is 2.34. The van der Waals surface area contributed by atoms with E-state index in [1.54, 1.807) is 36.4 Å². The van der Waals surface area contributed by atoms with Gasteiger partial charge >= 0.3 is 10.1 Å². The zero-order valence-corrected chi connectivity index (χ0v) is 10.4. The van der Waals surface area contributed by atoms with E-state index in [0.717, 1.165) is 4.85 Å². The lowest BCUT2D eigenvalue weighted by Gasteiger charge is -2.04. The molecular formula is C11H8N4O3S. The Morgan fingerprint density at radius 2 is 1.84 bits per heavy atom. The highest BCUT2D eigenvalue weighted by Crippen LogP contribution is 2.11. The van der Waals surface area contributed by atoms with E-state index in [2.05, 4.69) is 15.3 Å². The van der Waals surface area contributed by atoms with Crippen LogP contribution in [0.2, 0.25) is 0 Å². The van der Waals surface area contributed by atoms with Crippen molar-refractivity contribution in [1.82, 2.24) is 20.1 Å². The van der Waals surface area contributed by atoms with Crippen LogP contribution in [0.3, 0.4) is 0 Å². The smallest absolute Gasteiger partial charge is 0.263 e. The summed E-state index contributed by atoms with van der Waals surface area (Å²) in [5, 5.41) is 7.26. The molecule has 0 unspecified atom stereocenters. The van der Waals surface area contributed by atoms with Crippen molar-refractivity contribution in [3.05, 3.63) is 48.7 Å². The Labute approximate surface area is 108 Å². The van der Waals surface area contributed by atoms with Gasteiger partial charge in [-0.3, -0.25) is 4.28 Å². The molecule has 0 N–H and O–H groups in total. The number of fused-ring (bicyclic) bond motifs is 1. The van der Waals surface area contributed by atoms with Gasteiger partial charge in [0, 0.05) is 6.20 Å². The molecule has 0 aliphatic rings. The minimum atomic E-state index is -4.03. The molecule has 2 aromatic heterocycles. The number of pyridine rings is 1. The Bertz CT molecular complexity index is 814. The van der Waals surface area contributed by atoms with Crippen LogP contribution in [0.5, 0.6) is 0 Å². The summed E-state index contributed by atoms with van der Waals surface area (Å²) in [5.41, 5.74) is 1.00. The third-order valence-electron chi connectivity index (χ3n) is 2.38. The molecule has 0 amide bonds. The second-order valence-electron chi connectivity index (χ2n) is 3.65. The van der Waals surface area contributed by atoms with Gasteiger partial charge in [-0.15, -0.1) is 5.10 Å². The maximum absolute atomic E-state index is 12.0. The molecule has 8 heteroatoms. The first-order chi connectivity index (χ1) is 9.17. The Kier molecular flexibility index (Phi) is 2.64. The molecule has 0 aliphatic carbocycles. The molecule has 0 aliphatic heterocycles. The number of rotatable bonds is 3. The van der Waals surface area contributed by atoms with E-state index < -0.39 is 10.1 Å². The lowest BCUT2D eigenvalue weighted by molar-refractivity contribution is 0.243. The number of hydrogen-bond acceptors (Lipinski definition) is 6. The second-order valence-corrected chi connectivity index (χ2v) is 5.12. The normalized spacial score (nSPS) is 11.6. The van der Waals surface area contributed by atoms with E-state index >= 15 is 0 Å². The van der Waals surface area contributed by atoms with E-state index in [0.29, 0.717) is 11.0 Å². The summed E-state index contributed by atoms with van der Waals surface area (Å²) in [4.78, 5) is 4.60. The number of nitrogens with zero attached hydrogens (tertiary/aromatic N) is 4. The number of aromatic nitrogens is 4. The van der Waals surface area contributed by atoms with Crippen LogP contribution in [-0.2, 0) is 10.1 Å². The van der Waals surface area contributed by atoms with E-state index in [-0.39, 0.29) is 5.03 Å². The predicted octanol–water partition coefficient (Wildman–Crippen LogP) is 0.644. The molecule has 0 saturated carbocycles. The van der Waals surface area contributed by atoms with Gasteiger partial charge in [-0.1, -0.05) is 23.0 Å². The Balaban J connectivity index is 2.02. The van der Waals surface area contributed by atoms with Crippen molar-refractivity contribution in [1.29, 1.82) is 0 Å². The van der Waals surface area contributed by atoms with Gasteiger partial charge in [0.2, 0.25) is 0 Å². The Morgan fingerprint density at radius 1 is 1.05 bits per heavy atom. The number of benzene rings is 1. The molecule has 0 bridgehead atoms. The highest BCUT2D eigenvalue weighted by Gasteiger charge is 2.20. The molecule has 19 heavy (non-hydrogen) atoms. The molecule has 7 nitrogen and oxygen atoms in total. The molecular weight excluding hydrogens is 268 g/mol. The maximum atomic E-state index is 12.0. The molecule has 3 rings (SSSR count). The Morgan fingerprint density at radius 3 is 2.63 bits per heavy atom. The third kappa shape index (κ3) is 2.13. The van der Waals surface area contributed by atoms with Crippen molar-refractivity contribution < 1.29 is 12.7 Å². The Hall–Kier alpha value is -2.48. The van der Waals surface area contributed by atoms with Gasteiger partial charge in [0.05, 0.1) is 0 Å². The van der Waals surface area contributed by atoms with Gasteiger partial charge < -0.3 is 0 Å². The third-order valence-corrected chi connectivity index (χ3v) is 3.48. The van der Waals surface area contributed by atoms with Gasteiger partial charge in [0.1, 0.15) is 11.0 Å². The molecule has 0 fully saturated rings. The maximum Gasteiger partial charge on any atom is 0.376 e. The number of para-hydroxylation sites is 1. The first-order valence-corrected chi connectivity index (χ1v) is 6.74. The molecule has 0 atom stereocenters. The molecule has 96 valence electrons. The average Bonchev–Trinajstić information content (AvgIpc) is 2.83. The van der Waals surface area contributed by atoms with Crippen LogP contribution in [0.15, 0.2) is 53.7 Å². The van der Waals surface area contributed by atoms with Crippen molar-refractivity contribution in [2.45, 2.75) is 5.03 Å². The van der Waals surface area contributed by atoms with Crippen LogP contribution in [0.1, 0.15) is 0 Å². The summed E-state index contributed by atoms with van der Waals surface area (Å²) in [6.45, 7) is 0. The van der Waals surface area contributed by atoms with Crippen molar-refractivity contribution in [3.63, 3.8) is 0 Å². The molecule has 1 aromatic carbocycles. The monoisotopic (exact) mass is 276 g/mol. The van der Waals surface area contributed by atoms with Crippen molar-refractivity contribution >= 4 is 21.2 Å². The van der Waals surface area contributed by atoms with E-state index in [9.17, 15) is 8.42 Å². The van der Waals surface area contributed by atoms with Crippen LogP contribution >= 0.6 is 0 Å². The minimum absolute atomic E-state index is 0.186. The largest absolute Gasteiger partial charge is 0.376 e. The predicted molar refractivity (Wildman–Crippen MR) is 65.5 cm³/mol. The zero-order chi connectivity index (χ0) is 13.3.